The van der Waals surface area contributed by atoms with E-state index >= 15 is 0 Å². The van der Waals surface area contributed by atoms with Crippen LogP contribution < -0.4 is 0 Å². The molecule has 0 aliphatic carbocycles. The van der Waals surface area contributed by atoms with Crippen molar-refractivity contribution in [1.82, 2.24) is 0 Å². The zero-order valence-electron chi connectivity index (χ0n) is 43.0. The van der Waals surface area contributed by atoms with E-state index in [0.29, 0.717) is 19.3 Å². The lowest BCUT2D eigenvalue weighted by Crippen LogP contribution is -2.30. The lowest BCUT2D eigenvalue weighted by atomic mass is 10.1. The molecule has 1 atom stereocenters. The molecule has 0 aliphatic rings. The summed E-state index contributed by atoms with van der Waals surface area (Å²) in [6.45, 7) is 6.58. The summed E-state index contributed by atoms with van der Waals surface area (Å²) in [5.41, 5.74) is 0. The fourth-order valence-corrected chi connectivity index (χ4v) is 7.77. The van der Waals surface area contributed by atoms with Crippen molar-refractivity contribution in [1.29, 1.82) is 0 Å². The minimum atomic E-state index is -0.792. The number of rotatable bonds is 50. The Labute approximate surface area is 402 Å². The molecule has 0 aromatic heterocycles. The fraction of sp³-hybridized carbons (Fsp3) is 0.780. The summed E-state index contributed by atoms with van der Waals surface area (Å²) < 4.78 is 16.8. The quantitative estimate of drug-likeness (QED) is 0.0199. The molecule has 376 valence electrons. The van der Waals surface area contributed by atoms with E-state index in [2.05, 4.69) is 81.5 Å². The fourth-order valence-electron chi connectivity index (χ4n) is 7.77. The van der Waals surface area contributed by atoms with Crippen LogP contribution in [0, 0.1) is 0 Å². The highest BCUT2D eigenvalue weighted by Crippen LogP contribution is 2.14. The van der Waals surface area contributed by atoms with Crippen molar-refractivity contribution in [3.63, 3.8) is 0 Å². The van der Waals surface area contributed by atoms with Crippen LogP contribution in [0.15, 0.2) is 60.8 Å². The molecule has 6 heteroatoms. The molecule has 0 heterocycles. The Morgan fingerprint density at radius 2 is 0.554 bits per heavy atom. The number of ether oxygens (including phenoxy) is 3. The Bertz CT molecular complexity index is 1180. The third-order valence-corrected chi connectivity index (χ3v) is 12.0. The van der Waals surface area contributed by atoms with Crippen LogP contribution in [0.2, 0.25) is 0 Å². The Balaban J connectivity index is 4.43. The van der Waals surface area contributed by atoms with Gasteiger partial charge in [0.05, 0.1) is 0 Å². The van der Waals surface area contributed by atoms with Gasteiger partial charge in [-0.15, -0.1) is 0 Å². The van der Waals surface area contributed by atoms with Gasteiger partial charge < -0.3 is 14.2 Å². The van der Waals surface area contributed by atoms with Gasteiger partial charge in [0, 0.05) is 19.3 Å². The number of carbonyl (C=O) groups excluding carboxylic acids is 3. The second kappa shape index (κ2) is 53.7. The molecule has 0 N–H and O–H groups in total. The van der Waals surface area contributed by atoms with Gasteiger partial charge in [-0.05, 0) is 96.3 Å². The van der Waals surface area contributed by atoms with Gasteiger partial charge in [-0.3, -0.25) is 14.4 Å². The lowest BCUT2D eigenvalue weighted by molar-refractivity contribution is -0.167. The maximum Gasteiger partial charge on any atom is 0.306 e. The summed E-state index contributed by atoms with van der Waals surface area (Å²) in [6.07, 6.45) is 66.3. The van der Waals surface area contributed by atoms with Crippen LogP contribution in [-0.4, -0.2) is 37.2 Å². The number of hydrogen-bond acceptors (Lipinski definition) is 6. The first-order valence-electron chi connectivity index (χ1n) is 27.8. The summed E-state index contributed by atoms with van der Waals surface area (Å²) in [7, 11) is 0. The zero-order valence-corrected chi connectivity index (χ0v) is 43.0. The van der Waals surface area contributed by atoms with E-state index in [-0.39, 0.29) is 31.1 Å². The summed E-state index contributed by atoms with van der Waals surface area (Å²) >= 11 is 0. The molecule has 65 heavy (non-hydrogen) atoms. The van der Waals surface area contributed by atoms with Crippen molar-refractivity contribution in [2.24, 2.45) is 0 Å². The molecule has 0 radical (unpaired) electrons. The van der Waals surface area contributed by atoms with Crippen molar-refractivity contribution < 1.29 is 28.6 Å². The SMILES string of the molecule is CCCCC/C=C\C=C/CCCCCCCCC(=O)OC(COC(=O)CCCCC/C=C\CCCCCCCCC)COC(=O)CCCCCCC/C=C\C=C/CCCCCCCCC. The highest BCUT2D eigenvalue weighted by molar-refractivity contribution is 5.71. The van der Waals surface area contributed by atoms with Crippen LogP contribution in [-0.2, 0) is 28.6 Å². The number of allylic oxidation sites excluding steroid dienone is 10. The number of hydrogen-bond donors (Lipinski definition) is 0. The van der Waals surface area contributed by atoms with Gasteiger partial charge in [-0.2, -0.15) is 0 Å². The molecule has 0 aromatic carbocycles. The van der Waals surface area contributed by atoms with Gasteiger partial charge >= 0.3 is 17.9 Å². The van der Waals surface area contributed by atoms with Gasteiger partial charge in [-0.25, -0.2) is 0 Å². The molecule has 0 bridgehead atoms. The summed E-state index contributed by atoms with van der Waals surface area (Å²) in [5.74, 6) is -0.925. The van der Waals surface area contributed by atoms with E-state index in [4.69, 9.17) is 14.2 Å². The first kappa shape index (κ1) is 62.1. The molecule has 0 aromatic rings. The monoisotopic (exact) mass is 909 g/mol. The minimum absolute atomic E-state index is 0.0913. The summed E-state index contributed by atoms with van der Waals surface area (Å²) in [6, 6.07) is 0. The maximum absolute atomic E-state index is 12.8. The van der Waals surface area contributed by atoms with Crippen LogP contribution in [0.5, 0.6) is 0 Å². The first-order chi connectivity index (χ1) is 32.0. The summed E-state index contributed by atoms with van der Waals surface area (Å²) in [5, 5.41) is 0. The first-order valence-corrected chi connectivity index (χ1v) is 27.8. The smallest absolute Gasteiger partial charge is 0.306 e. The Kier molecular flexibility index (Phi) is 51.3. The van der Waals surface area contributed by atoms with Gasteiger partial charge in [0.1, 0.15) is 13.2 Å². The molecule has 0 rings (SSSR count). The number of carbonyl (C=O) groups is 3. The molecule has 0 aliphatic heterocycles. The molecule has 0 saturated heterocycles. The Morgan fingerprint density at radius 1 is 0.308 bits per heavy atom. The molecule has 0 saturated carbocycles. The zero-order chi connectivity index (χ0) is 47.2. The van der Waals surface area contributed by atoms with Crippen LogP contribution in [0.4, 0.5) is 0 Å². The van der Waals surface area contributed by atoms with Crippen LogP contribution in [0.1, 0.15) is 278 Å². The highest BCUT2D eigenvalue weighted by Gasteiger charge is 2.19. The van der Waals surface area contributed by atoms with Crippen LogP contribution in [0.25, 0.3) is 0 Å². The van der Waals surface area contributed by atoms with Gasteiger partial charge in [0.25, 0.3) is 0 Å². The average Bonchev–Trinajstić information content (AvgIpc) is 3.30. The number of esters is 3. The van der Waals surface area contributed by atoms with Crippen LogP contribution >= 0.6 is 0 Å². The maximum atomic E-state index is 12.8. The van der Waals surface area contributed by atoms with E-state index in [0.717, 1.165) is 103 Å². The molecular formula is C59H104O6. The second-order valence-corrected chi connectivity index (χ2v) is 18.5. The van der Waals surface area contributed by atoms with E-state index in [1.165, 1.54) is 135 Å². The lowest BCUT2D eigenvalue weighted by Gasteiger charge is -2.18. The van der Waals surface area contributed by atoms with Gasteiger partial charge in [-0.1, -0.05) is 223 Å². The molecule has 6 nitrogen and oxygen atoms in total. The van der Waals surface area contributed by atoms with E-state index in [9.17, 15) is 14.4 Å². The predicted molar refractivity (Wildman–Crippen MR) is 279 cm³/mol. The normalized spacial score (nSPS) is 12.5. The highest BCUT2D eigenvalue weighted by atomic mass is 16.6. The van der Waals surface area contributed by atoms with Gasteiger partial charge in [0.15, 0.2) is 6.10 Å². The largest absolute Gasteiger partial charge is 0.462 e. The Morgan fingerprint density at radius 3 is 0.908 bits per heavy atom. The Hall–Kier alpha value is -2.89. The van der Waals surface area contributed by atoms with Gasteiger partial charge in [0.2, 0.25) is 0 Å². The predicted octanol–water partition coefficient (Wildman–Crippen LogP) is 18.4. The van der Waals surface area contributed by atoms with Crippen molar-refractivity contribution in [3.05, 3.63) is 60.8 Å². The topological polar surface area (TPSA) is 78.9 Å². The number of unbranched alkanes of at least 4 members (excludes halogenated alkanes) is 31. The standard InChI is InChI=1S/C59H104O6/c1-4-7-10-13-16-19-22-25-28-29-30-32-34-37-40-43-46-49-52-58(61)64-55-56(54-63-57(60)51-48-45-42-39-36-33-27-24-21-18-15-12-9-6-3)65-59(62)53-50-47-44-41-38-35-31-26-23-20-17-14-11-8-5-2/h17,20,23,26,28-30,32-33,36,56H,4-16,18-19,21-22,24-25,27,31,34-35,37-55H2,1-3H3/b20-17-,26-23-,29-28-,32-30-,36-33-. The van der Waals surface area contributed by atoms with Crippen molar-refractivity contribution in [3.8, 4) is 0 Å². The molecular weight excluding hydrogens is 805 g/mol. The second-order valence-electron chi connectivity index (χ2n) is 18.5. The van der Waals surface area contributed by atoms with Crippen molar-refractivity contribution in [2.75, 3.05) is 13.2 Å². The van der Waals surface area contributed by atoms with E-state index in [1.807, 2.05) is 0 Å². The third-order valence-electron chi connectivity index (χ3n) is 12.0. The summed E-state index contributed by atoms with van der Waals surface area (Å²) in [4.78, 5) is 38.1. The molecule has 1 unspecified atom stereocenters. The average molecular weight is 909 g/mol. The molecule has 0 spiro atoms. The minimum Gasteiger partial charge on any atom is -0.462 e. The third kappa shape index (κ3) is 51.9. The van der Waals surface area contributed by atoms with Crippen molar-refractivity contribution in [2.45, 2.75) is 284 Å². The molecule has 0 fully saturated rings. The van der Waals surface area contributed by atoms with E-state index in [1.54, 1.807) is 0 Å². The van der Waals surface area contributed by atoms with Crippen LogP contribution in [0.3, 0.4) is 0 Å². The molecule has 0 amide bonds. The van der Waals surface area contributed by atoms with Crippen molar-refractivity contribution >= 4 is 17.9 Å². The van der Waals surface area contributed by atoms with E-state index < -0.39 is 6.10 Å².